The van der Waals surface area contributed by atoms with E-state index in [2.05, 4.69) is 31.1 Å². The van der Waals surface area contributed by atoms with Crippen molar-refractivity contribution in [1.29, 1.82) is 0 Å². The van der Waals surface area contributed by atoms with Gasteiger partial charge in [-0.25, -0.2) is 9.97 Å². The first kappa shape index (κ1) is 9.67. The standard InChI is InChI=1S/C8H6BrN3OS/c9-7-3-6(13-12-7)4-14-8-1-2-10-5-11-8/h1-3,5H,4H2. The van der Waals surface area contributed by atoms with Crippen molar-refractivity contribution in [3.8, 4) is 0 Å². The molecule has 0 bridgehead atoms. The van der Waals surface area contributed by atoms with Gasteiger partial charge in [-0.05, 0) is 22.0 Å². The lowest BCUT2D eigenvalue weighted by atomic mass is 10.5. The lowest BCUT2D eigenvalue weighted by Gasteiger charge is -1.95. The van der Waals surface area contributed by atoms with Gasteiger partial charge in [0.1, 0.15) is 16.7 Å². The second-order valence-electron chi connectivity index (χ2n) is 2.45. The normalized spacial score (nSPS) is 10.4. The molecule has 0 atom stereocenters. The maximum Gasteiger partial charge on any atom is 0.149 e. The van der Waals surface area contributed by atoms with Crippen LogP contribution in [0.2, 0.25) is 0 Å². The van der Waals surface area contributed by atoms with Crippen LogP contribution in [0.15, 0.2) is 38.8 Å². The largest absolute Gasteiger partial charge is 0.359 e. The van der Waals surface area contributed by atoms with Crippen molar-refractivity contribution in [2.75, 3.05) is 0 Å². The molecule has 0 unspecified atom stereocenters. The van der Waals surface area contributed by atoms with Crippen molar-refractivity contribution in [2.24, 2.45) is 0 Å². The highest BCUT2D eigenvalue weighted by Crippen LogP contribution is 2.21. The Morgan fingerprint density at radius 3 is 3.07 bits per heavy atom. The second kappa shape index (κ2) is 4.56. The Hall–Kier alpha value is -0.880. The summed E-state index contributed by atoms with van der Waals surface area (Å²) in [6, 6.07) is 3.70. The van der Waals surface area contributed by atoms with Crippen molar-refractivity contribution < 1.29 is 4.52 Å². The van der Waals surface area contributed by atoms with Gasteiger partial charge in [0.2, 0.25) is 0 Å². The molecule has 72 valence electrons. The van der Waals surface area contributed by atoms with E-state index in [-0.39, 0.29) is 0 Å². The number of hydrogen-bond acceptors (Lipinski definition) is 5. The fraction of sp³-hybridized carbons (Fsp3) is 0.125. The lowest BCUT2D eigenvalue weighted by molar-refractivity contribution is 0.391. The molecule has 0 saturated heterocycles. The molecule has 2 heterocycles. The first-order valence-electron chi connectivity index (χ1n) is 3.84. The summed E-state index contributed by atoms with van der Waals surface area (Å²) in [7, 11) is 0. The molecule has 0 fully saturated rings. The van der Waals surface area contributed by atoms with Crippen LogP contribution in [0.4, 0.5) is 0 Å². The second-order valence-corrected chi connectivity index (χ2v) is 4.26. The predicted molar refractivity (Wildman–Crippen MR) is 55.8 cm³/mol. The van der Waals surface area contributed by atoms with Crippen LogP contribution >= 0.6 is 27.7 Å². The Bertz CT molecular complexity index is 406. The number of hydrogen-bond donors (Lipinski definition) is 0. The Labute approximate surface area is 93.2 Å². The average Bonchev–Trinajstić information content (AvgIpc) is 2.63. The van der Waals surface area contributed by atoms with Crippen molar-refractivity contribution in [3.63, 3.8) is 0 Å². The van der Waals surface area contributed by atoms with Gasteiger partial charge in [-0.3, -0.25) is 0 Å². The summed E-state index contributed by atoms with van der Waals surface area (Å²) in [6.07, 6.45) is 3.24. The van der Waals surface area contributed by atoms with Gasteiger partial charge in [0.15, 0.2) is 0 Å². The quantitative estimate of drug-likeness (QED) is 0.634. The van der Waals surface area contributed by atoms with Gasteiger partial charge < -0.3 is 4.52 Å². The van der Waals surface area contributed by atoms with Crippen molar-refractivity contribution in [2.45, 2.75) is 10.8 Å². The number of thioether (sulfide) groups is 1. The minimum absolute atomic E-state index is 0.718. The first-order chi connectivity index (χ1) is 6.84. The van der Waals surface area contributed by atoms with E-state index in [0.717, 1.165) is 21.1 Å². The van der Waals surface area contributed by atoms with Crippen LogP contribution in [0.1, 0.15) is 5.76 Å². The number of nitrogens with zero attached hydrogens (tertiary/aromatic N) is 3. The van der Waals surface area contributed by atoms with Gasteiger partial charge in [0, 0.05) is 12.3 Å². The SMILES string of the molecule is Brc1cc(CSc2ccncn2)on1. The van der Waals surface area contributed by atoms with E-state index in [1.54, 1.807) is 18.0 Å². The Morgan fingerprint density at radius 1 is 1.50 bits per heavy atom. The molecule has 4 nitrogen and oxygen atoms in total. The molecule has 0 saturated carbocycles. The molecule has 0 spiro atoms. The molecule has 0 N–H and O–H groups in total. The minimum Gasteiger partial charge on any atom is -0.359 e. The molecule has 14 heavy (non-hydrogen) atoms. The molecule has 2 aromatic heterocycles. The predicted octanol–water partition coefficient (Wildman–Crippen LogP) is 2.52. The smallest absolute Gasteiger partial charge is 0.149 e. The van der Waals surface area contributed by atoms with E-state index < -0.39 is 0 Å². The minimum atomic E-state index is 0.718. The summed E-state index contributed by atoms with van der Waals surface area (Å²) in [5, 5.41) is 4.65. The molecule has 0 aromatic carbocycles. The maximum absolute atomic E-state index is 5.02. The molecular weight excluding hydrogens is 266 g/mol. The topological polar surface area (TPSA) is 51.8 Å². The van der Waals surface area contributed by atoms with E-state index in [1.165, 1.54) is 6.33 Å². The van der Waals surface area contributed by atoms with Crippen molar-refractivity contribution in [1.82, 2.24) is 15.1 Å². The fourth-order valence-electron chi connectivity index (χ4n) is 0.865. The summed E-state index contributed by atoms with van der Waals surface area (Å²) < 4.78 is 5.74. The summed E-state index contributed by atoms with van der Waals surface area (Å²) in [4.78, 5) is 7.92. The zero-order valence-electron chi connectivity index (χ0n) is 7.05. The molecular formula is C8H6BrN3OS. The van der Waals surface area contributed by atoms with E-state index in [0.29, 0.717) is 0 Å². The van der Waals surface area contributed by atoms with Gasteiger partial charge in [0.25, 0.3) is 0 Å². The highest BCUT2D eigenvalue weighted by atomic mass is 79.9. The monoisotopic (exact) mass is 271 g/mol. The summed E-state index contributed by atoms with van der Waals surface area (Å²) in [5.74, 6) is 1.54. The van der Waals surface area contributed by atoms with Crippen LogP contribution in [0, 0.1) is 0 Å². The molecule has 2 rings (SSSR count). The number of aromatic nitrogens is 3. The van der Waals surface area contributed by atoms with E-state index >= 15 is 0 Å². The van der Waals surface area contributed by atoms with Crippen molar-refractivity contribution >= 4 is 27.7 Å². The Morgan fingerprint density at radius 2 is 2.43 bits per heavy atom. The van der Waals surface area contributed by atoms with E-state index in [9.17, 15) is 0 Å². The van der Waals surface area contributed by atoms with Crippen LogP contribution in [-0.4, -0.2) is 15.1 Å². The van der Waals surface area contributed by atoms with E-state index in [4.69, 9.17) is 4.52 Å². The van der Waals surface area contributed by atoms with Gasteiger partial charge in [0.05, 0.1) is 10.8 Å². The summed E-state index contributed by atoms with van der Waals surface area (Å²) in [5.41, 5.74) is 0. The molecule has 0 aliphatic heterocycles. The molecule has 2 aromatic rings. The Kier molecular flexibility index (Phi) is 3.15. The molecule has 6 heteroatoms. The fourth-order valence-corrected chi connectivity index (χ4v) is 1.90. The van der Waals surface area contributed by atoms with Crippen LogP contribution in [-0.2, 0) is 5.75 Å². The molecule has 0 radical (unpaired) electrons. The van der Waals surface area contributed by atoms with Crippen LogP contribution in [0.5, 0.6) is 0 Å². The highest BCUT2D eigenvalue weighted by molar-refractivity contribution is 9.10. The highest BCUT2D eigenvalue weighted by Gasteiger charge is 2.02. The van der Waals surface area contributed by atoms with E-state index in [1.807, 2.05) is 12.1 Å². The number of rotatable bonds is 3. The third kappa shape index (κ3) is 2.55. The summed E-state index contributed by atoms with van der Waals surface area (Å²) in [6.45, 7) is 0. The van der Waals surface area contributed by atoms with Gasteiger partial charge in [-0.1, -0.05) is 16.9 Å². The Balaban J connectivity index is 1.95. The van der Waals surface area contributed by atoms with Gasteiger partial charge >= 0.3 is 0 Å². The zero-order chi connectivity index (χ0) is 9.80. The molecule has 0 aliphatic carbocycles. The third-order valence-corrected chi connectivity index (χ3v) is 2.79. The molecule has 0 aliphatic rings. The molecule has 0 amide bonds. The van der Waals surface area contributed by atoms with Crippen LogP contribution in [0.3, 0.4) is 0 Å². The third-order valence-electron chi connectivity index (χ3n) is 1.45. The average molecular weight is 272 g/mol. The van der Waals surface area contributed by atoms with Crippen LogP contribution < -0.4 is 0 Å². The summed E-state index contributed by atoms with van der Waals surface area (Å²) >= 11 is 4.80. The lowest BCUT2D eigenvalue weighted by Crippen LogP contribution is -1.81. The first-order valence-corrected chi connectivity index (χ1v) is 5.62. The maximum atomic E-state index is 5.02. The van der Waals surface area contributed by atoms with Crippen molar-refractivity contribution in [3.05, 3.63) is 35.0 Å². The van der Waals surface area contributed by atoms with Gasteiger partial charge in [-0.2, -0.15) is 0 Å². The zero-order valence-corrected chi connectivity index (χ0v) is 9.46. The van der Waals surface area contributed by atoms with Crippen LogP contribution in [0.25, 0.3) is 0 Å². The van der Waals surface area contributed by atoms with Gasteiger partial charge in [-0.15, -0.1) is 0 Å². The number of halogens is 1.